The van der Waals surface area contributed by atoms with Crippen LogP contribution in [0.1, 0.15) is 34.8 Å². The Morgan fingerprint density at radius 3 is 2.72 bits per heavy atom. The summed E-state index contributed by atoms with van der Waals surface area (Å²) in [6.45, 7) is 0. The SMILES string of the molecule is COC(=O)c1cccc([C@@H](N)[C@@H](O)C2CC2)c1.Cl. The molecule has 100 valence electrons. The average Bonchev–Trinajstić information content (AvgIpc) is 3.20. The number of carbonyl (C=O) groups is 1. The number of nitrogens with two attached hydrogens (primary N) is 1. The number of aliphatic hydroxyl groups excluding tert-OH is 1. The first-order valence-electron chi connectivity index (χ1n) is 5.75. The number of benzene rings is 1. The first kappa shape index (κ1) is 15.0. The van der Waals surface area contributed by atoms with Crippen LogP contribution in [-0.2, 0) is 4.74 Å². The Morgan fingerprint density at radius 1 is 1.50 bits per heavy atom. The van der Waals surface area contributed by atoms with Gasteiger partial charge in [-0.25, -0.2) is 4.79 Å². The van der Waals surface area contributed by atoms with E-state index in [-0.39, 0.29) is 18.4 Å². The highest BCUT2D eigenvalue weighted by molar-refractivity contribution is 5.89. The number of hydrogen-bond acceptors (Lipinski definition) is 4. The van der Waals surface area contributed by atoms with Gasteiger partial charge in [-0.05, 0) is 36.5 Å². The summed E-state index contributed by atoms with van der Waals surface area (Å²) in [6, 6.07) is 6.49. The van der Waals surface area contributed by atoms with Crippen LogP contribution in [-0.4, -0.2) is 24.3 Å². The monoisotopic (exact) mass is 271 g/mol. The topological polar surface area (TPSA) is 72.5 Å². The van der Waals surface area contributed by atoms with Crippen LogP contribution in [0.25, 0.3) is 0 Å². The van der Waals surface area contributed by atoms with E-state index in [1.807, 2.05) is 6.07 Å². The first-order chi connectivity index (χ1) is 8.13. The minimum absolute atomic E-state index is 0. The largest absolute Gasteiger partial charge is 0.465 e. The minimum atomic E-state index is -0.525. The molecule has 0 aliphatic heterocycles. The van der Waals surface area contributed by atoms with Crippen LogP contribution in [0.4, 0.5) is 0 Å². The standard InChI is InChI=1S/C13H17NO3.ClH/c1-17-13(16)10-4-2-3-9(7-10)11(14)12(15)8-5-6-8;/h2-4,7-8,11-12,15H,5-6,14H2,1H3;1H/t11-,12+;/m1./s1. The van der Waals surface area contributed by atoms with Crippen molar-refractivity contribution >= 4 is 18.4 Å². The smallest absolute Gasteiger partial charge is 0.337 e. The molecular formula is C13H18ClNO3. The third-order valence-electron chi connectivity index (χ3n) is 3.17. The van der Waals surface area contributed by atoms with Crippen molar-refractivity contribution in [3.8, 4) is 0 Å². The van der Waals surface area contributed by atoms with E-state index in [0.29, 0.717) is 11.5 Å². The highest BCUT2D eigenvalue weighted by atomic mass is 35.5. The van der Waals surface area contributed by atoms with Gasteiger partial charge in [0.05, 0.1) is 24.8 Å². The lowest BCUT2D eigenvalue weighted by Crippen LogP contribution is -2.28. The van der Waals surface area contributed by atoms with Crippen molar-refractivity contribution in [3.05, 3.63) is 35.4 Å². The molecule has 0 unspecified atom stereocenters. The molecule has 2 atom stereocenters. The molecule has 0 spiro atoms. The van der Waals surface area contributed by atoms with Gasteiger partial charge in [-0.3, -0.25) is 0 Å². The van der Waals surface area contributed by atoms with Gasteiger partial charge in [-0.2, -0.15) is 0 Å². The van der Waals surface area contributed by atoms with E-state index < -0.39 is 12.1 Å². The maximum Gasteiger partial charge on any atom is 0.337 e. The van der Waals surface area contributed by atoms with Gasteiger partial charge in [-0.15, -0.1) is 12.4 Å². The number of carbonyl (C=O) groups excluding carboxylic acids is 1. The van der Waals surface area contributed by atoms with Crippen molar-refractivity contribution in [1.82, 2.24) is 0 Å². The fourth-order valence-corrected chi connectivity index (χ4v) is 1.92. The number of esters is 1. The van der Waals surface area contributed by atoms with Crippen LogP contribution in [0.15, 0.2) is 24.3 Å². The molecule has 0 aromatic heterocycles. The van der Waals surface area contributed by atoms with Crippen LogP contribution in [0, 0.1) is 5.92 Å². The normalized spacial score (nSPS) is 17.5. The second kappa shape index (κ2) is 6.18. The summed E-state index contributed by atoms with van der Waals surface area (Å²) in [4.78, 5) is 11.4. The second-order valence-electron chi connectivity index (χ2n) is 4.47. The molecule has 1 aromatic carbocycles. The molecule has 0 heterocycles. The lowest BCUT2D eigenvalue weighted by molar-refractivity contribution is 0.0600. The number of halogens is 1. The van der Waals surface area contributed by atoms with E-state index in [1.165, 1.54) is 7.11 Å². The van der Waals surface area contributed by atoms with E-state index in [9.17, 15) is 9.90 Å². The molecule has 1 aliphatic carbocycles. The summed E-state index contributed by atoms with van der Waals surface area (Å²) in [6.07, 6.45) is 1.54. The maximum absolute atomic E-state index is 11.4. The Morgan fingerprint density at radius 2 is 2.17 bits per heavy atom. The van der Waals surface area contributed by atoms with Crippen molar-refractivity contribution in [2.24, 2.45) is 11.7 Å². The van der Waals surface area contributed by atoms with E-state index in [1.54, 1.807) is 18.2 Å². The van der Waals surface area contributed by atoms with Gasteiger partial charge >= 0.3 is 5.97 Å². The Labute approximate surface area is 113 Å². The summed E-state index contributed by atoms with van der Waals surface area (Å²) in [5, 5.41) is 9.96. The highest BCUT2D eigenvalue weighted by Crippen LogP contribution is 2.37. The maximum atomic E-state index is 11.4. The van der Waals surface area contributed by atoms with E-state index in [0.717, 1.165) is 18.4 Å². The number of aliphatic hydroxyl groups is 1. The average molecular weight is 272 g/mol. The molecule has 1 aromatic rings. The van der Waals surface area contributed by atoms with E-state index in [4.69, 9.17) is 5.73 Å². The van der Waals surface area contributed by atoms with Crippen molar-refractivity contribution in [2.45, 2.75) is 25.0 Å². The fourth-order valence-electron chi connectivity index (χ4n) is 1.92. The molecule has 0 saturated heterocycles. The van der Waals surface area contributed by atoms with Crippen molar-refractivity contribution in [2.75, 3.05) is 7.11 Å². The van der Waals surface area contributed by atoms with E-state index in [2.05, 4.69) is 4.74 Å². The molecule has 1 aliphatic rings. The molecule has 0 amide bonds. The molecule has 1 saturated carbocycles. The zero-order chi connectivity index (χ0) is 12.4. The number of rotatable bonds is 4. The van der Waals surface area contributed by atoms with Crippen LogP contribution in [0.5, 0.6) is 0 Å². The summed E-state index contributed by atoms with van der Waals surface area (Å²) < 4.78 is 4.65. The molecule has 5 heteroatoms. The third kappa shape index (κ3) is 3.22. The molecule has 4 nitrogen and oxygen atoms in total. The molecular weight excluding hydrogens is 254 g/mol. The Balaban J connectivity index is 0.00000162. The van der Waals surface area contributed by atoms with Crippen LogP contribution in [0.3, 0.4) is 0 Å². The van der Waals surface area contributed by atoms with Gasteiger partial charge in [0.15, 0.2) is 0 Å². The van der Waals surface area contributed by atoms with Gasteiger partial charge in [0.2, 0.25) is 0 Å². The summed E-state index contributed by atoms with van der Waals surface area (Å²) in [7, 11) is 1.34. The van der Waals surface area contributed by atoms with Gasteiger partial charge in [0, 0.05) is 0 Å². The fraction of sp³-hybridized carbons (Fsp3) is 0.462. The number of hydrogen-bond donors (Lipinski definition) is 2. The van der Waals surface area contributed by atoms with Crippen LogP contribution < -0.4 is 5.73 Å². The van der Waals surface area contributed by atoms with Gasteiger partial charge in [0.25, 0.3) is 0 Å². The lowest BCUT2D eigenvalue weighted by atomic mass is 9.97. The molecule has 2 rings (SSSR count). The Bertz CT molecular complexity index is 420. The highest BCUT2D eigenvalue weighted by Gasteiger charge is 2.34. The lowest BCUT2D eigenvalue weighted by Gasteiger charge is -2.19. The molecule has 3 N–H and O–H groups in total. The third-order valence-corrected chi connectivity index (χ3v) is 3.17. The number of ether oxygens (including phenoxy) is 1. The first-order valence-corrected chi connectivity index (χ1v) is 5.75. The quantitative estimate of drug-likeness (QED) is 0.817. The molecule has 0 radical (unpaired) electrons. The summed E-state index contributed by atoms with van der Waals surface area (Å²) >= 11 is 0. The van der Waals surface area contributed by atoms with Gasteiger partial charge in [0.1, 0.15) is 0 Å². The van der Waals surface area contributed by atoms with Crippen LogP contribution in [0.2, 0.25) is 0 Å². The predicted molar refractivity (Wildman–Crippen MR) is 70.7 cm³/mol. The number of methoxy groups -OCH3 is 1. The summed E-state index contributed by atoms with van der Waals surface area (Å²) in [5.41, 5.74) is 7.22. The van der Waals surface area contributed by atoms with Gasteiger partial charge < -0.3 is 15.6 Å². The zero-order valence-electron chi connectivity index (χ0n) is 10.2. The molecule has 1 fully saturated rings. The van der Waals surface area contributed by atoms with Crippen molar-refractivity contribution in [1.29, 1.82) is 0 Å². The van der Waals surface area contributed by atoms with Crippen molar-refractivity contribution in [3.63, 3.8) is 0 Å². The molecule has 18 heavy (non-hydrogen) atoms. The van der Waals surface area contributed by atoms with E-state index >= 15 is 0 Å². The van der Waals surface area contributed by atoms with Crippen molar-refractivity contribution < 1.29 is 14.6 Å². The Hall–Kier alpha value is -1.10. The minimum Gasteiger partial charge on any atom is -0.465 e. The predicted octanol–water partition coefficient (Wildman–Crippen LogP) is 1.67. The zero-order valence-corrected chi connectivity index (χ0v) is 11.0. The van der Waals surface area contributed by atoms with Gasteiger partial charge in [-0.1, -0.05) is 12.1 Å². The Kier molecular flexibility index (Phi) is 5.14. The second-order valence-corrected chi connectivity index (χ2v) is 4.47. The van der Waals surface area contributed by atoms with Crippen LogP contribution >= 0.6 is 12.4 Å². The summed E-state index contributed by atoms with van der Waals surface area (Å²) in [5.74, 6) is -0.0771. The molecule has 0 bridgehead atoms.